The lowest BCUT2D eigenvalue weighted by Crippen LogP contribution is -2.62. The van der Waals surface area contributed by atoms with E-state index in [0.29, 0.717) is 29.9 Å². The molecule has 0 radical (unpaired) electrons. The Morgan fingerprint density at radius 3 is 2.59 bits per heavy atom. The Kier molecular flexibility index (Phi) is 5.91. The lowest BCUT2D eigenvalue weighted by atomic mass is 9.97. The summed E-state index contributed by atoms with van der Waals surface area (Å²) in [6.07, 6.45) is -4.40. The van der Waals surface area contributed by atoms with Crippen molar-refractivity contribution in [2.45, 2.75) is 45.1 Å². The molecule has 0 amide bonds. The molecule has 0 bridgehead atoms. The van der Waals surface area contributed by atoms with Crippen LogP contribution in [0.15, 0.2) is 30.3 Å². The number of hydrogen-bond acceptors (Lipinski definition) is 7. The summed E-state index contributed by atoms with van der Waals surface area (Å²) in [5.41, 5.74) is 1.93. The van der Waals surface area contributed by atoms with Gasteiger partial charge in [-0.25, -0.2) is 9.97 Å². The molecule has 3 aliphatic rings. The standard InChI is InChI=1S/C27H30F3N5O2/c1-15-20(5-4-6-22(15)27(28,29)30)16(2)31-26-21-9-24-25(10-23(21)32-17(3)33-26)37-14-18-11-34(7-8-35(18)24)19-12-36-13-19/h4-6,9-10,16,18-19H,7-8,11-14H2,1-3H3,(H,31,32,33)/t16-,18?/m1/s1. The number of nitrogens with one attached hydrogen (secondary N) is 1. The predicted molar refractivity (Wildman–Crippen MR) is 135 cm³/mol. The third kappa shape index (κ3) is 4.35. The normalized spacial score (nSPS) is 21.1. The van der Waals surface area contributed by atoms with Crippen LogP contribution in [0.2, 0.25) is 0 Å². The Morgan fingerprint density at radius 2 is 1.86 bits per heavy atom. The van der Waals surface area contributed by atoms with Gasteiger partial charge in [-0.05, 0) is 44.0 Å². The number of fused-ring (bicyclic) bond motifs is 4. The number of aromatic nitrogens is 2. The molecule has 37 heavy (non-hydrogen) atoms. The number of anilines is 2. The predicted octanol–water partition coefficient (Wildman–Crippen LogP) is 4.72. The number of ether oxygens (including phenoxy) is 2. The molecule has 7 nitrogen and oxygen atoms in total. The third-order valence-electron chi connectivity index (χ3n) is 7.78. The van der Waals surface area contributed by atoms with Gasteiger partial charge in [0.25, 0.3) is 0 Å². The van der Waals surface area contributed by atoms with Crippen molar-refractivity contribution in [2.24, 2.45) is 0 Å². The fraction of sp³-hybridized carbons (Fsp3) is 0.481. The van der Waals surface area contributed by atoms with E-state index >= 15 is 0 Å². The molecule has 2 aromatic carbocycles. The maximum Gasteiger partial charge on any atom is 0.416 e. The molecule has 0 aliphatic carbocycles. The third-order valence-corrected chi connectivity index (χ3v) is 7.78. The van der Waals surface area contributed by atoms with Gasteiger partial charge in [-0.2, -0.15) is 13.2 Å². The number of halogens is 3. The van der Waals surface area contributed by atoms with Crippen molar-refractivity contribution in [1.82, 2.24) is 14.9 Å². The number of aryl methyl sites for hydroxylation is 1. The summed E-state index contributed by atoms with van der Waals surface area (Å²) in [5, 5.41) is 4.20. The van der Waals surface area contributed by atoms with Crippen LogP contribution in [0, 0.1) is 13.8 Å². The van der Waals surface area contributed by atoms with Crippen molar-refractivity contribution >= 4 is 22.4 Å². The minimum absolute atomic E-state index is 0.216. The lowest BCUT2D eigenvalue weighted by Gasteiger charge is -2.49. The first-order valence-electron chi connectivity index (χ1n) is 12.7. The number of hydrogen-bond donors (Lipinski definition) is 1. The quantitative estimate of drug-likeness (QED) is 0.542. The van der Waals surface area contributed by atoms with Gasteiger partial charge < -0.3 is 19.7 Å². The largest absolute Gasteiger partial charge is 0.489 e. The summed E-state index contributed by atoms with van der Waals surface area (Å²) in [7, 11) is 0. The molecule has 0 spiro atoms. The Hall–Kier alpha value is -3.11. The van der Waals surface area contributed by atoms with Crippen molar-refractivity contribution in [3.8, 4) is 5.75 Å². The van der Waals surface area contributed by atoms with Crippen LogP contribution in [0.5, 0.6) is 5.75 Å². The highest BCUT2D eigenvalue weighted by Crippen LogP contribution is 2.41. The second kappa shape index (κ2) is 9.02. The van der Waals surface area contributed by atoms with E-state index in [-0.39, 0.29) is 11.6 Å². The first kappa shape index (κ1) is 24.2. The topological polar surface area (TPSA) is 62.8 Å². The molecule has 196 valence electrons. The summed E-state index contributed by atoms with van der Waals surface area (Å²) >= 11 is 0. The second-order valence-corrected chi connectivity index (χ2v) is 10.2. The van der Waals surface area contributed by atoms with Gasteiger partial charge in [0.1, 0.15) is 24.0 Å². The minimum Gasteiger partial charge on any atom is -0.489 e. The second-order valence-electron chi connectivity index (χ2n) is 10.2. The number of benzene rings is 2. The van der Waals surface area contributed by atoms with Gasteiger partial charge in [0.2, 0.25) is 0 Å². The van der Waals surface area contributed by atoms with Crippen LogP contribution in [0.4, 0.5) is 24.7 Å². The van der Waals surface area contributed by atoms with Crippen molar-refractivity contribution in [3.63, 3.8) is 0 Å². The van der Waals surface area contributed by atoms with Crippen LogP contribution in [-0.4, -0.2) is 66.4 Å². The molecule has 0 saturated carbocycles. The number of nitrogens with zero attached hydrogens (tertiary/aromatic N) is 4. The van der Waals surface area contributed by atoms with Crippen LogP contribution >= 0.6 is 0 Å². The monoisotopic (exact) mass is 513 g/mol. The molecule has 4 heterocycles. The molecule has 2 saturated heterocycles. The zero-order valence-corrected chi connectivity index (χ0v) is 21.1. The zero-order chi connectivity index (χ0) is 25.9. The molecule has 1 N–H and O–H groups in total. The van der Waals surface area contributed by atoms with E-state index in [2.05, 4.69) is 31.2 Å². The molecule has 3 aliphatic heterocycles. The summed E-state index contributed by atoms with van der Waals surface area (Å²) in [4.78, 5) is 14.2. The molecule has 10 heteroatoms. The number of piperazine rings is 1. The van der Waals surface area contributed by atoms with Gasteiger partial charge in [-0.1, -0.05) is 12.1 Å². The van der Waals surface area contributed by atoms with E-state index in [1.165, 1.54) is 13.0 Å². The van der Waals surface area contributed by atoms with E-state index in [1.54, 1.807) is 6.07 Å². The first-order chi connectivity index (χ1) is 17.7. The molecular weight excluding hydrogens is 483 g/mol. The van der Waals surface area contributed by atoms with Gasteiger partial charge in [-0.3, -0.25) is 4.90 Å². The van der Waals surface area contributed by atoms with Gasteiger partial charge in [0.15, 0.2) is 0 Å². The lowest BCUT2D eigenvalue weighted by molar-refractivity contribution is -0.138. The van der Waals surface area contributed by atoms with Crippen LogP contribution < -0.4 is 15.0 Å². The summed E-state index contributed by atoms with van der Waals surface area (Å²) in [5.74, 6) is 1.98. The molecule has 2 fully saturated rings. The Balaban J connectivity index is 1.33. The maximum atomic E-state index is 13.5. The Labute approximate surface area is 213 Å². The van der Waals surface area contributed by atoms with Crippen LogP contribution in [0.3, 0.4) is 0 Å². The molecule has 1 unspecified atom stereocenters. The van der Waals surface area contributed by atoms with Crippen molar-refractivity contribution in [3.05, 3.63) is 52.8 Å². The van der Waals surface area contributed by atoms with Gasteiger partial charge >= 0.3 is 6.18 Å². The fourth-order valence-electron chi connectivity index (χ4n) is 5.71. The Morgan fingerprint density at radius 1 is 1.05 bits per heavy atom. The SMILES string of the molecule is Cc1nc(N[C@H](C)c2cccc(C(F)(F)F)c2C)c2cc3c(cc2n1)OCC1CN(C2COC2)CCN31. The van der Waals surface area contributed by atoms with E-state index in [1.807, 2.05) is 19.9 Å². The molecule has 1 aromatic heterocycles. The van der Waals surface area contributed by atoms with E-state index < -0.39 is 17.8 Å². The number of alkyl halides is 3. The minimum atomic E-state index is -4.40. The summed E-state index contributed by atoms with van der Waals surface area (Å²) in [6, 6.07) is 8.66. The van der Waals surface area contributed by atoms with Gasteiger partial charge in [-0.15, -0.1) is 0 Å². The molecule has 3 aromatic rings. The number of rotatable bonds is 4. The summed E-state index contributed by atoms with van der Waals surface area (Å²) < 4.78 is 52.1. The molecule has 6 rings (SSSR count). The van der Waals surface area contributed by atoms with Crippen molar-refractivity contribution in [1.29, 1.82) is 0 Å². The van der Waals surface area contributed by atoms with E-state index in [0.717, 1.165) is 61.3 Å². The van der Waals surface area contributed by atoms with E-state index in [4.69, 9.17) is 9.47 Å². The van der Waals surface area contributed by atoms with Crippen molar-refractivity contribution in [2.75, 3.05) is 49.7 Å². The average molecular weight is 514 g/mol. The van der Waals surface area contributed by atoms with E-state index in [9.17, 15) is 13.2 Å². The highest BCUT2D eigenvalue weighted by molar-refractivity contribution is 5.94. The molecule has 2 atom stereocenters. The van der Waals surface area contributed by atoms with Crippen LogP contribution in [0.1, 0.15) is 35.5 Å². The smallest absolute Gasteiger partial charge is 0.416 e. The highest BCUT2D eigenvalue weighted by atomic mass is 19.4. The fourth-order valence-corrected chi connectivity index (χ4v) is 5.71. The van der Waals surface area contributed by atoms with Crippen LogP contribution in [0.25, 0.3) is 10.9 Å². The first-order valence-corrected chi connectivity index (χ1v) is 12.7. The molecular formula is C27H30F3N5O2. The highest BCUT2D eigenvalue weighted by Gasteiger charge is 2.38. The van der Waals surface area contributed by atoms with Crippen LogP contribution in [-0.2, 0) is 10.9 Å². The van der Waals surface area contributed by atoms with Gasteiger partial charge in [0, 0.05) is 31.1 Å². The maximum absolute atomic E-state index is 13.5. The zero-order valence-electron chi connectivity index (χ0n) is 21.1. The average Bonchev–Trinajstić information content (AvgIpc) is 2.81. The Bertz CT molecular complexity index is 1340. The van der Waals surface area contributed by atoms with Gasteiger partial charge in [0.05, 0.1) is 48.1 Å². The summed E-state index contributed by atoms with van der Waals surface area (Å²) in [6.45, 7) is 10.2. The van der Waals surface area contributed by atoms with Crippen molar-refractivity contribution < 1.29 is 22.6 Å².